The number of rotatable bonds is 5. The van der Waals surface area contributed by atoms with Gasteiger partial charge in [-0.2, -0.15) is 13.2 Å². The number of alkyl halides is 3. The fourth-order valence-corrected chi connectivity index (χ4v) is 3.67. The topological polar surface area (TPSA) is 83.8 Å². The third-order valence-corrected chi connectivity index (χ3v) is 5.48. The van der Waals surface area contributed by atoms with Gasteiger partial charge in [-0.05, 0) is 70.7 Å². The Bertz CT molecular complexity index is 995. The number of aryl methyl sites for hydroxylation is 6. The first-order valence-corrected chi connectivity index (χ1v) is 10.8. The number of ketones is 1. The molecule has 188 valence electrons. The van der Waals surface area contributed by atoms with Crippen LogP contribution in [0.4, 0.5) is 13.2 Å². The number of halogens is 3. The van der Waals surface area contributed by atoms with Gasteiger partial charge >= 0.3 is 12.1 Å². The third kappa shape index (κ3) is 7.67. The number of hydrogen-bond acceptors (Lipinski definition) is 5. The molecule has 0 aliphatic heterocycles. The first kappa shape index (κ1) is 29.3. The molecule has 2 aromatic carbocycles. The third-order valence-electron chi connectivity index (χ3n) is 5.48. The second kappa shape index (κ2) is 11.6. The molecule has 0 fully saturated rings. The molecule has 0 amide bonds. The summed E-state index contributed by atoms with van der Waals surface area (Å²) < 4.78 is 40.5. The van der Waals surface area contributed by atoms with Crippen LogP contribution in [0.2, 0.25) is 0 Å². The highest BCUT2D eigenvalue weighted by Crippen LogP contribution is 2.27. The Hall–Kier alpha value is -2.71. The summed E-state index contributed by atoms with van der Waals surface area (Å²) in [5, 5.41) is 17.2. The number of esters is 1. The predicted molar refractivity (Wildman–Crippen MR) is 124 cm³/mol. The summed E-state index contributed by atoms with van der Waals surface area (Å²) >= 11 is 0. The molecule has 3 unspecified atom stereocenters. The van der Waals surface area contributed by atoms with E-state index in [2.05, 4.69) is 0 Å². The smallest absolute Gasteiger partial charge is 0.414 e. The number of carbonyl (C=O) groups excluding carboxylic acids is 2. The number of ether oxygens (including phenoxy) is 1. The van der Waals surface area contributed by atoms with Crippen molar-refractivity contribution in [2.45, 2.75) is 73.8 Å². The maximum Gasteiger partial charge on any atom is 0.414 e. The van der Waals surface area contributed by atoms with Gasteiger partial charge in [-0.1, -0.05) is 42.3 Å². The fraction of sp³-hybridized carbons (Fsp3) is 0.462. The van der Waals surface area contributed by atoms with Crippen molar-refractivity contribution in [2.24, 2.45) is 5.92 Å². The zero-order valence-corrected chi connectivity index (χ0v) is 20.8. The van der Waals surface area contributed by atoms with E-state index in [-0.39, 0.29) is 0 Å². The van der Waals surface area contributed by atoms with E-state index in [1.807, 2.05) is 65.8 Å². The summed E-state index contributed by atoms with van der Waals surface area (Å²) in [6.07, 6.45) is -8.25. The lowest BCUT2D eigenvalue weighted by Crippen LogP contribution is -2.39. The number of Topliss-reactive ketones (excluding diaryl/α,β-unsaturated/α-hetero) is 1. The van der Waals surface area contributed by atoms with Gasteiger partial charge in [0.1, 0.15) is 5.75 Å². The fourth-order valence-electron chi connectivity index (χ4n) is 3.67. The molecule has 0 aliphatic carbocycles. The van der Waals surface area contributed by atoms with E-state index in [1.165, 1.54) is 6.92 Å². The maximum absolute atomic E-state index is 12.5. The lowest BCUT2D eigenvalue weighted by atomic mass is 9.96. The van der Waals surface area contributed by atoms with Gasteiger partial charge in [0.25, 0.3) is 5.78 Å². The largest absolute Gasteiger partial charge is 0.420 e. The molecule has 2 aromatic rings. The van der Waals surface area contributed by atoms with Crippen molar-refractivity contribution in [1.29, 1.82) is 0 Å². The Morgan fingerprint density at radius 2 is 1.18 bits per heavy atom. The van der Waals surface area contributed by atoms with E-state index in [0.717, 1.165) is 40.3 Å². The van der Waals surface area contributed by atoms with Crippen molar-refractivity contribution < 1.29 is 37.7 Å². The summed E-state index contributed by atoms with van der Waals surface area (Å²) in [6, 6.07) is 7.66. The minimum absolute atomic E-state index is 0.433. The normalized spacial score (nSPS) is 13.9. The molecule has 0 bridgehead atoms. The van der Waals surface area contributed by atoms with Crippen LogP contribution in [0.1, 0.15) is 57.6 Å². The zero-order valence-electron chi connectivity index (χ0n) is 20.8. The second-order valence-corrected chi connectivity index (χ2v) is 8.81. The molecule has 8 heteroatoms. The Labute approximate surface area is 198 Å². The minimum Gasteiger partial charge on any atom is -0.420 e. The van der Waals surface area contributed by atoms with Crippen molar-refractivity contribution in [3.05, 3.63) is 63.2 Å². The van der Waals surface area contributed by atoms with Gasteiger partial charge in [0.2, 0.25) is 0 Å². The monoisotopic (exact) mass is 482 g/mol. The molecule has 0 heterocycles. The Balaban J connectivity index is 0.000000445. The van der Waals surface area contributed by atoms with Crippen molar-refractivity contribution in [3.8, 4) is 5.75 Å². The molecular weight excluding hydrogens is 449 g/mol. The van der Waals surface area contributed by atoms with Crippen LogP contribution in [0, 0.1) is 47.5 Å². The van der Waals surface area contributed by atoms with Gasteiger partial charge in [-0.15, -0.1) is 0 Å². The van der Waals surface area contributed by atoms with Gasteiger partial charge in [-0.3, -0.25) is 4.79 Å². The van der Waals surface area contributed by atoms with Crippen molar-refractivity contribution in [1.82, 2.24) is 0 Å². The van der Waals surface area contributed by atoms with Crippen molar-refractivity contribution in [2.75, 3.05) is 0 Å². The average Bonchev–Trinajstić information content (AvgIpc) is 2.68. The predicted octanol–water partition coefficient (Wildman–Crippen LogP) is 5.25. The first-order chi connectivity index (χ1) is 15.5. The number of benzene rings is 2. The molecule has 0 radical (unpaired) electrons. The number of aliphatic hydroxyl groups excluding tert-OH is 2. The highest BCUT2D eigenvalue weighted by Gasteiger charge is 2.43. The lowest BCUT2D eigenvalue weighted by molar-refractivity contribution is -0.225. The molecule has 0 spiro atoms. The maximum atomic E-state index is 12.5. The molecular formula is C26H33F3O5. The molecule has 0 saturated heterocycles. The minimum atomic E-state index is -4.64. The molecule has 0 aliphatic rings. The molecule has 2 N–H and O–H groups in total. The van der Waals surface area contributed by atoms with E-state index in [0.29, 0.717) is 11.3 Å². The first-order valence-electron chi connectivity index (χ1n) is 10.8. The quantitative estimate of drug-likeness (QED) is 0.263. The van der Waals surface area contributed by atoms with Crippen LogP contribution < -0.4 is 4.74 Å². The summed E-state index contributed by atoms with van der Waals surface area (Å²) in [7, 11) is 0. The van der Waals surface area contributed by atoms with E-state index in [9.17, 15) is 22.8 Å². The van der Waals surface area contributed by atoms with Gasteiger partial charge in [0, 0.05) is 11.5 Å². The van der Waals surface area contributed by atoms with Gasteiger partial charge in [0.15, 0.2) is 6.10 Å². The van der Waals surface area contributed by atoms with E-state index < -0.39 is 36.1 Å². The average molecular weight is 483 g/mol. The van der Waals surface area contributed by atoms with Crippen LogP contribution in [0.15, 0.2) is 24.3 Å². The van der Waals surface area contributed by atoms with Crippen LogP contribution in [-0.4, -0.2) is 40.3 Å². The standard InChI is InChI=1S/C20H22O3.C6H11F3O2/c1-11-7-13(3)17(14(4)8-11)18(21)20(22)23-19-15(5)9-12(2)10-16(19)6;1-3(4(2)10)5(11)6(7,8)9/h7-10H,1-6H3;3-5,10-11H,1-2H3. The van der Waals surface area contributed by atoms with Crippen LogP contribution in [0.25, 0.3) is 0 Å². The van der Waals surface area contributed by atoms with Gasteiger partial charge in [0.05, 0.1) is 6.10 Å². The van der Waals surface area contributed by atoms with Crippen LogP contribution >= 0.6 is 0 Å². The summed E-state index contributed by atoms with van der Waals surface area (Å²) in [6.45, 7) is 13.7. The second-order valence-electron chi connectivity index (χ2n) is 8.81. The van der Waals surface area contributed by atoms with E-state index in [4.69, 9.17) is 14.9 Å². The van der Waals surface area contributed by atoms with Crippen LogP contribution in [0.5, 0.6) is 5.75 Å². The van der Waals surface area contributed by atoms with Crippen molar-refractivity contribution in [3.63, 3.8) is 0 Å². The Kier molecular flexibility index (Phi) is 10.0. The van der Waals surface area contributed by atoms with Crippen molar-refractivity contribution >= 4 is 11.8 Å². The molecule has 5 nitrogen and oxygen atoms in total. The van der Waals surface area contributed by atoms with Gasteiger partial charge < -0.3 is 14.9 Å². The summed E-state index contributed by atoms with van der Waals surface area (Å²) in [5.41, 5.74) is 5.88. The molecule has 2 rings (SSSR count). The highest BCUT2D eigenvalue weighted by atomic mass is 19.4. The molecule has 0 aromatic heterocycles. The Morgan fingerprint density at radius 3 is 1.50 bits per heavy atom. The number of hydrogen-bond donors (Lipinski definition) is 2. The number of aliphatic hydroxyl groups is 2. The highest BCUT2D eigenvalue weighted by molar-refractivity contribution is 6.41. The summed E-state index contributed by atoms with van der Waals surface area (Å²) in [5.74, 6) is -2.15. The molecule has 0 saturated carbocycles. The zero-order chi connectivity index (χ0) is 26.5. The Morgan fingerprint density at radius 1 is 0.794 bits per heavy atom. The van der Waals surface area contributed by atoms with E-state index in [1.54, 1.807) is 0 Å². The lowest BCUT2D eigenvalue weighted by Gasteiger charge is -2.23. The SMILES string of the molecule is CC(O)C(C)C(O)C(F)(F)F.Cc1cc(C)c(OC(=O)C(=O)c2c(C)cc(C)cc2C)c(C)c1. The number of carbonyl (C=O) groups is 2. The molecule has 3 atom stereocenters. The summed E-state index contributed by atoms with van der Waals surface area (Å²) in [4.78, 5) is 24.8. The van der Waals surface area contributed by atoms with Gasteiger partial charge in [-0.25, -0.2) is 4.79 Å². The van der Waals surface area contributed by atoms with Crippen LogP contribution in [-0.2, 0) is 4.79 Å². The molecule has 34 heavy (non-hydrogen) atoms. The van der Waals surface area contributed by atoms with E-state index >= 15 is 0 Å². The van der Waals surface area contributed by atoms with Crippen LogP contribution in [0.3, 0.4) is 0 Å².